The number of phenolic OH excluding ortho intramolecular Hbond substituents is 1. The Kier molecular flexibility index (Phi) is 2.72. The topological polar surface area (TPSA) is 84.5 Å². The highest BCUT2D eigenvalue weighted by molar-refractivity contribution is 5.83. The highest BCUT2D eigenvalue weighted by Crippen LogP contribution is 2.19. The lowest BCUT2D eigenvalue weighted by Gasteiger charge is -2.10. The Labute approximate surface area is 96.0 Å². The molecule has 6 nitrogen and oxygen atoms in total. The summed E-state index contributed by atoms with van der Waals surface area (Å²) in [5.41, 5.74) is -0.859. The van der Waals surface area contributed by atoms with Crippen molar-refractivity contribution in [2.45, 2.75) is 6.54 Å². The van der Waals surface area contributed by atoms with Crippen LogP contribution in [0.2, 0.25) is 0 Å². The summed E-state index contributed by atoms with van der Waals surface area (Å²) in [6.45, 7) is -0.351. The van der Waals surface area contributed by atoms with Crippen LogP contribution >= 0.6 is 0 Å². The lowest BCUT2D eigenvalue weighted by molar-refractivity contribution is 0.271. The summed E-state index contributed by atoms with van der Waals surface area (Å²) in [4.78, 5) is 23.8. The molecule has 90 valence electrons. The van der Waals surface area contributed by atoms with Crippen molar-refractivity contribution in [2.24, 2.45) is 7.05 Å². The number of fused-ring (bicyclic) bond motifs is 1. The fourth-order valence-electron chi connectivity index (χ4n) is 1.86. The number of benzene rings is 1. The number of aromatic hydroxyl groups is 1. The molecule has 0 unspecified atom stereocenters. The van der Waals surface area contributed by atoms with Crippen molar-refractivity contribution in [3.63, 3.8) is 0 Å². The van der Waals surface area contributed by atoms with Crippen LogP contribution in [0.3, 0.4) is 0 Å². The molecule has 0 saturated carbocycles. The molecule has 0 aliphatic heterocycles. The summed E-state index contributed by atoms with van der Waals surface area (Å²) < 4.78 is 2.14. The van der Waals surface area contributed by atoms with Crippen LogP contribution in [0.1, 0.15) is 0 Å². The second-order valence-electron chi connectivity index (χ2n) is 3.70. The predicted molar refractivity (Wildman–Crippen MR) is 62.2 cm³/mol. The molecule has 0 aliphatic carbocycles. The van der Waals surface area contributed by atoms with Crippen molar-refractivity contribution >= 4 is 10.9 Å². The second-order valence-corrected chi connectivity index (χ2v) is 3.70. The molecule has 1 aromatic carbocycles. The zero-order valence-electron chi connectivity index (χ0n) is 9.25. The minimum absolute atomic E-state index is 0.0584. The second kappa shape index (κ2) is 4.06. The standard InChI is InChI=1S/C11H12N2O4/c1-12-9-7(3-2-4-8(9)15)10(16)13(5-6-14)11(12)17/h2-4,14-15H,5-6H2,1H3. The molecule has 0 fully saturated rings. The monoisotopic (exact) mass is 236 g/mol. The third-order valence-corrected chi connectivity index (χ3v) is 2.67. The molecule has 17 heavy (non-hydrogen) atoms. The highest BCUT2D eigenvalue weighted by atomic mass is 16.3. The first-order valence-electron chi connectivity index (χ1n) is 5.10. The molecule has 2 aromatic rings. The largest absolute Gasteiger partial charge is 0.506 e. The van der Waals surface area contributed by atoms with E-state index in [9.17, 15) is 14.7 Å². The minimum Gasteiger partial charge on any atom is -0.506 e. The van der Waals surface area contributed by atoms with Crippen LogP contribution in [0.25, 0.3) is 10.9 Å². The van der Waals surface area contributed by atoms with Crippen molar-refractivity contribution in [1.82, 2.24) is 9.13 Å². The van der Waals surface area contributed by atoms with Crippen LogP contribution < -0.4 is 11.2 Å². The Morgan fingerprint density at radius 3 is 2.65 bits per heavy atom. The fourth-order valence-corrected chi connectivity index (χ4v) is 1.86. The van der Waals surface area contributed by atoms with Crippen LogP contribution in [-0.4, -0.2) is 26.0 Å². The molecule has 6 heteroatoms. The van der Waals surface area contributed by atoms with E-state index in [4.69, 9.17) is 5.11 Å². The van der Waals surface area contributed by atoms with Gasteiger partial charge in [-0.25, -0.2) is 4.79 Å². The molecule has 0 atom stereocenters. The lowest BCUT2D eigenvalue weighted by atomic mass is 10.2. The van der Waals surface area contributed by atoms with Gasteiger partial charge in [-0.1, -0.05) is 6.07 Å². The van der Waals surface area contributed by atoms with Crippen molar-refractivity contribution in [2.75, 3.05) is 6.61 Å². The van der Waals surface area contributed by atoms with Crippen LogP contribution in [-0.2, 0) is 13.6 Å². The summed E-state index contributed by atoms with van der Waals surface area (Å²) in [5, 5.41) is 18.7. The van der Waals surface area contributed by atoms with E-state index in [-0.39, 0.29) is 29.8 Å². The van der Waals surface area contributed by atoms with E-state index in [0.29, 0.717) is 0 Å². The molecule has 0 spiro atoms. The fraction of sp³-hybridized carbons (Fsp3) is 0.273. The first-order valence-corrected chi connectivity index (χ1v) is 5.10. The average Bonchev–Trinajstić information content (AvgIpc) is 2.31. The Hall–Kier alpha value is -2.08. The first kappa shape index (κ1) is 11.4. The van der Waals surface area contributed by atoms with E-state index < -0.39 is 11.2 Å². The van der Waals surface area contributed by atoms with Gasteiger partial charge in [-0.15, -0.1) is 0 Å². The minimum atomic E-state index is -0.557. The smallest absolute Gasteiger partial charge is 0.331 e. The molecule has 1 heterocycles. The number of phenols is 1. The van der Waals surface area contributed by atoms with E-state index in [2.05, 4.69) is 0 Å². The Morgan fingerprint density at radius 1 is 1.29 bits per heavy atom. The maximum absolute atomic E-state index is 12.0. The third-order valence-electron chi connectivity index (χ3n) is 2.67. The normalized spacial score (nSPS) is 10.9. The van der Waals surface area contributed by atoms with Gasteiger partial charge in [0.15, 0.2) is 0 Å². The Bertz CT molecular complexity index is 684. The number of aromatic nitrogens is 2. The predicted octanol–water partition coefficient (Wildman–Crippen LogP) is -0.602. The van der Waals surface area contributed by atoms with E-state index >= 15 is 0 Å². The van der Waals surface area contributed by atoms with Crippen molar-refractivity contribution < 1.29 is 10.2 Å². The van der Waals surface area contributed by atoms with Crippen LogP contribution in [0, 0.1) is 0 Å². The van der Waals surface area contributed by atoms with Gasteiger partial charge in [-0.05, 0) is 12.1 Å². The molecule has 0 saturated heterocycles. The van der Waals surface area contributed by atoms with Crippen LogP contribution in [0.4, 0.5) is 0 Å². The van der Waals surface area contributed by atoms with Crippen molar-refractivity contribution in [1.29, 1.82) is 0 Å². The molecule has 0 radical (unpaired) electrons. The summed E-state index contributed by atoms with van der Waals surface area (Å²) in [5.74, 6) is -0.115. The van der Waals surface area contributed by atoms with Crippen LogP contribution in [0.5, 0.6) is 5.75 Å². The summed E-state index contributed by atoms with van der Waals surface area (Å²) >= 11 is 0. The number of hydrogen-bond acceptors (Lipinski definition) is 4. The van der Waals surface area contributed by atoms with Gasteiger partial charge in [0.05, 0.1) is 24.1 Å². The average molecular weight is 236 g/mol. The Balaban J connectivity index is 3.01. The van der Waals surface area contributed by atoms with Gasteiger partial charge < -0.3 is 10.2 Å². The molecule has 2 N–H and O–H groups in total. The quantitative estimate of drug-likeness (QED) is 0.729. The summed E-state index contributed by atoms with van der Waals surface area (Å²) in [7, 11) is 1.47. The zero-order chi connectivity index (χ0) is 12.6. The molecule has 2 rings (SSSR count). The first-order chi connectivity index (χ1) is 8.07. The number of nitrogens with zero attached hydrogens (tertiary/aromatic N) is 2. The van der Waals surface area contributed by atoms with E-state index in [0.717, 1.165) is 4.57 Å². The van der Waals surface area contributed by atoms with Gasteiger partial charge in [0.1, 0.15) is 5.75 Å². The zero-order valence-corrected chi connectivity index (χ0v) is 9.25. The molecular weight excluding hydrogens is 224 g/mol. The molecule has 0 bridgehead atoms. The van der Waals surface area contributed by atoms with Crippen molar-refractivity contribution in [3.8, 4) is 5.75 Å². The molecule has 0 aliphatic rings. The lowest BCUT2D eigenvalue weighted by Crippen LogP contribution is -2.39. The van der Waals surface area contributed by atoms with Crippen LogP contribution in [0.15, 0.2) is 27.8 Å². The highest BCUT2D eigenvalue weighted by Gasteiger charge is 2.12. The van der Waals surface area contributed by atoms with E-state index in [1.807, 2.05) is 0 Å². The maximum atomic E-state index is 12.0. The number of aryl methyl sites for hydroxylation is 1. The van der Waals surface area contributed by atoms with E-state index in [1.54, 1.807) is 0 Å². The summed E-state index contributed by atoms with van der Waals surface area (Å²) in [6.07, 6.45) is 0. The van der Waals surface area contributed by atoms with Crippen molar-refractivity contribution in [3.05, 3.63) is 39.0 Å². The molecule has 1 aromatic heterocycles. The van der Waals surface area contributed by atoms with Gasteiger partial charge in [0.25, 0.3) is 5.56 Å². The number of aliphatic hydroxyl groups is 1. The number of rotatable bonds is 2. The van der Waals surface area contributed by atoms with E-state index in [1.165, 1.54) is 29.8 Å². The number of para-hydroxylation sites is 1. The Morgan fingerprint density at radius 2 is 2.00 bits per heavy atom. The molecule has 0 amide bonds. The molecular formula is C11H12N2O4. The van der Waals surface area contributed by atoms with Gasteiger partial charge in [-0.3, -0.25) is 13.9 Å². The third kappa shape index (κ3) is 1.62. The summed E-state index contributed by atoms with van der Waals surface area (Å²) in [6, 6.07) is 4.48. The van der Waals surface area contributed by atoms with Gasteiger partial charge in [0.2, 0.25) is 0 Å². The van der Waals surface area contributed by atoms with Gasteiger partial charge in [0, 0.05) is 7.05 Å². The SMILES string of the molecule is Cn1c(=O)n(CCO)c(=O)c2cccc(O)c21. The number of hydrogen-bond donors (Lipinski definition) is 2. The van der Waals surface area contributed by atoms with Gasteiger partial charge in [-0.2, -0.15) is 0 Å². The maximum Gasteiger partial charge on any atom is 0.331 e. The number of aliphatic hydroxyl groups excluding tert-OH is 1. The van der Waals surface area contributed by atoms with Gasteiger partial charge >= 0.3 is 5.69 Å².